The molecule has 20 heavy (non-hydrogen) atoms. The van der Waals surface area contributed by atoms with Crippen LogP contribution >= 0.6 is 11.6 Å². The first-order chi connectivity index (χ1) is 9.63. The number of hydrogen-bond acceptors (Lipinski definition) is 2. The number of halogens is 1. The smallest absolute Gasteiger partial charge is 0.105 e. The molecule has 2 nitrogen and oxygen atoms in total. The van der Waals surface area contributed by atoms with Crippen molar-refractivity contribution < 1.29 is 4.42 Å². The Labute approximate surface area is 123 Å². The highest BCUT2D eigenvalue weighted by Crippen LogP contribution is 2.29. The van der Waals surface area contributed by atoms with Crippen molar-refractivity contribution in [3.8, 4) is 0 Å². The average Bonchev–Trinajstić information content (AvgIpc) is 2.78. The molecular weight excluding hydrogens is 270 g/mol. The molecule has 3 heteroatoms. The Morgan fingerprint density at radius 1 is 1.15 bits per heavy atom. The number of hydrogen-bond donors (Lipinski definition) is 0. The van der Waals surface area contributed by atoms with Gasteiger partial charge in [0, 0.05) is 23.1 Å². The molecule has 0 bridgehead atoms. The van der Waals surface area contributed by atoms with Gasteiger partial charge in [0.25, 0.3) is 0 Å². The van der Waals surface area contributed by atoms with E-state index in [0.29, 0.717) is 6.42 Å². The van der Waals surface area contributed by atoms with Crippen LogP contribution in [0.15, 0.2) is 46.9 Å². The molecular formula is C17H16ClNO. The van der Waals surface area contributed by atoms with Gasteiger partial charge in [-0.3, -0.25) is 4.98 Å². The lowest BCUT2D eigenvalue weighted by atomic mass is 10.1. The number of aromatic nitrogens is 1. The van der Waals surface area contributed by atoms with E-state index in [4.69, 9.17) is 16.0 Å². The van der Waals surface area contributed by atoms with Crippen LogP contribution in [0.3, 0.4) is 0 Å². The number of fused-ring (bicyclic) bond motifs is 1. The minimum absolute atomic E-state index is 0.110. The summed E-state index contributed by atoms with van der Waals surface area (Å²) in [6.07, 6.45) is 0.701. The lowest BCUT2D eigenvalue weighted by molar-refractivity contribution is 0.500. The average molecular weight is 286 g/mol. The number of alkyl halides is 1. The van der Waals surface area contributed by atoms with Crippen molar-refractivity contribution in [1.29, 1.82) is 0 Å². The fourth-order valence-corrected chi connectivity index (χ4v) is 2.85. The van der Waals surface area contributed by atoms with E-state index in [-0.39, 0.29) is 5.38 Å². The number of aryl methyl sites for hydroxylation is 2. The summed E-state index contributed by atoms with van der Waals surface area (Å²) in [7, 11) is 0. The summed E-state index contributed by atoms with van der Waals surface area (Å²) in [6, 6.07) is 14.2. The molecule has 2 aromatic heterocycles. The van der Waals surface area contributed by atoms with Crippen LogP contribution in [-0.2, 0) is 6.42 Å². The van der Waals surface area contributed by atoms with E-state index in [1.54, 1.807) is 0 Å². The molecule has 0 N–H and O–H groups in total. The van der Waals surface area contributed by atoms with Crippen molar-refractivity contribution in [2.45, 2.75) is 25.6 Å². The highest BCUT2D eigenvalue weighted by molar-refractivity contribution is 6.21. The standard InChI is InChI=1S/C17H16ClNO/c1-11-9-15(12(2)20-11)16(18)10-14-8-7-13-5-3-4-6-17(13)19-14/h3-9,16H,10H2,1-2H3. The molecule has 3 aromatic rings. The van der Waals surface area contributed by atoms with E-state index in [1.165, 1.54) is 0 Å². The molecule has 0 fully saturated rings. The largest absolute Gasteiger partial charge is 0.466 e. The van der Waals surface area contributed by atoms with Crippen LogP contribution in [0.5, 0.6) is 0 Å². The number of para-hydroxylation sites is 1. The van der Waals surface area contributed by atoms with Gasteiger partial charge in [0.2, 0.25) is 0 Å². The SMILES string of the molecule is Cc1cc(C(Cl)Cc2ccc3ccccc3n2)c(C)o1. The molecule has 0 aliphatic rings. The zero-order valence-electron chi connectivity index (χ0n) is 11.6. The molecule has 0 aliphatic carbocycles. The van der Waals surface area contributed by atoms with Crippen LogP contribution < -0.4 is 0 Å². The monoisotopic (exact) mass is 285 g/mol. The Balaban J connectivity index is 1.87. The molecule has 1 atom stereocenters. The number of rotatable bonds is 3. The molecule has 1 aromatic carbocycles. The Kier molecular flexibility index (Phi) is 3.49. The summed E-state index contributed by atoms with van der Waals surface area (Å²) in [6.45, 7) is 3.89. The highest BCUT2D eigenvalue weighted by Gasteiger charge is 2.16. The molecule has 0 radical (unpaired) electrons. The van der Waals surface area contributed by atoms with Crippen LogP contribution in [0.1, 0.15) is 28.2 Å². The van der Waals surface area contributed by atoms with Crippen molar-refractivity contribution in [1.82, 2.24) is 4.98 Å². The minimum atomic E-state index is -0.110. The van der Waals surface area contributed by atoms with Crippen molar-refractivity contribution in [2.75, 3.05) is 0 Å². The first-order valence-electron chi connectivity index (χ1n) is 6.69. The van der Waals surface area contributed by atoms with Gasteiger partial charge in [-0.25, -0.2) is 0 Å². The Bertz CT molecular complexity index is 748. The maximum atomic E-state index is 6.51. The van der Waals surface area contributed by atoms with Crippen LogP contribution in [0.25, 0.3) is 10.9 Å². The van der Waals surface area contributed by atoms with E-state index in [9.17, 15) is 0 Å². The molecule has 0 aliphatic heterocycles. The first-order valence-corrected chi connectivity index (χ1v) is 7.13. The van der Waals surface area contributed by atoms with Gasteiger partial charge in [-0.05, 0) is 32.0 Å². The van der Waals surface area contributed by atoms with Gasteiger partial charge in [0.15, 0.2) is 0 Å². The number of pyridine rings is 1. The maximum absolute atomic E-state index is 6.51. The molecule has 0 saturated carbocycles. The van der Waals surface area contributed by atoms with Gasteiger partial charge in [-0.2, -0.15) is 0 Å². The summed E-state index contributed by atoms with van der Waals surface area (Å²) in [5.74, 6) is 1.79. The van der Waals surface area contributed by atoms with E-state index < -0.39 is 0 Å². The van der Waals surface area contributed by atoms with Crippen molar-refractivity contribution in [3.63, 3.8) is 0 Å². The quantitative estimate of drug-likeness (QED) is 0.635. The molecule has 0 spiro atoms. The maximum Gasteiger partial charge on any atom is 0.105 e. The third-order valence-corrected chi connectivity index (χ3v) is 3.85. The Morgan fingerprint density at radius 2 is 1.95 bits per heavy atom. The van der Waals surface area contributed by atoms with E-state index in [0.717, 1.165) is 33.7 Å². The molecule has 102 valence electrons. The second kappa shape index (κ2) is 5.29. The second-order valence-electron chi connectivity index (χ2n) is 5.04. The van der Waals surface area contributed by atoms with Gasteiger partial charge in [0.1, 0.15) is 11.5 Å². The molecule has 0 saturated heterocycles. The fourth-order valence-electron chi connectivity index (χ4n) is 2.48. The first kappa shape index (κ1) is 13.2. The Morgan fingerprint density at radius 3 is 2.70 bits per heavy atom. The van der Waals surface area contributed by atoms with Crippen molar-refractivity contribution in [2.24, 2.45) is 0 Å². The molecule has 2 heterocycles. The number of nitrogens with zero attached hydrogens (tertiary/aromatic N) is 1. The predicted molar refractivity (Wildman–Crippen MR) is 82.2 cm³/mol. The van der Waals surface area contributed by atoms with Gasteiger partial charge in [-0.1, -0.05) is 24.3 Å². The van der Waals surface area contributed by atoms with Crippen LogP contribution in [0.2, 0.25) is 0 Å². The lowest BCUT2D eigenvalue weighted by Crippen LogP contribution is -1.98. The summed E-state index contributed by atoms with van der Waals surface area (Å²) >= 11 is 6.51. The summed E-state index contributed by atoms with van der Waals surface area (Å²) in [5, 5.41) is 1.04. The topological polar surface area (TPSA) is 26.0 Å². The van der Waals surface area contributed by atoms with Gasteiger partial charge in [-0.15, -0.1) is 11.6 Å². The zero-order valence-corrected chi connectivity index (χ0v) is 12.3. The van der Waals surface area contributed by atoms with Gasteiger partial charge >= 0.3 is 0 Å². The second-order valence-corrected chi connectivity index (χ2v) is 5.56. The number of benzene rings is 1. The fraction of sp³-hybridized carbons (Fsp3) is 0.235. The third-order valence-electron chi connectivity index (χ3n) is 3.46. The van der Waals surface area contributed by atoms with Crippen LogP contribution in [-0.4, -0.2) is 4.98 Å². The normalized spacial score (nSPS) is 12.8. The zero-order chi connectivity index (χ0) is 14.1. The van der Waals surface area contributed by atoms with E-state index in [2.05, 4.69) is 17.1 Å². The summed E-state index contributed by atoms with van der Waals surface area (Å²) < 4.78 is 5.54. The van der Waals surface area contributed by atoms with Crippen LogP contribution in [0, 0.1) is 13.8 Å². The van der Waals surface area contributed by atoms with Gasteiger partial charge < -0.3 is 4.42 Å². The minimum Gasteiger partial charge on any atom is -0.466 e. The molecule has 3 rings (SSSR count). The van der Waals surface area contributed by atoms with Crippen molar-refractivity contribution in [3.05, 3.63) is 65.2 Å². The molecule has 1 unspecified atom stereocenters. The lowest BCUT2D eigenvalue weighted by Gasteiger charge is -2.08. The van der Waals surface area contributed by atoms with Crippen molar-refractivity contribution >= 4 is 22.5 Å². The van der Waals surface area contributed by atoms with E-state index in [1.807, 2.05) is 44.2 Å². The number of furan rings is 1. The Hall–Kier alpha value is -1.80. The molecule has 0 amide bonds. The highest BCUT2D eigenvalue weighted by atomic mass is 35.5. The van der Waals surface area contributed by atoms with Gasteiger partial charge in [0.05, 0.1) is 10.9 Å². The third kappa shape index (κ3) is 2.56. The van der Waals surface area contributed by atoms with E-state index >= 15 is 0 Å². The predicted octanol–water partition coefficient (Wildman–Crippen LogP) is 4.97. The summed E-state index contributed by atoms with van der Waals surface area (Å²) in [5.41, 5.74) is 3.06. The summed E-state index contributed by atoms with van der Waals surface area (Å²) in [4.78, 5) is 4.66. The van der Waals surface area contributed by atoms with Crippen LogP contribution in [0.4, 0.5) is 0 Å².